The summed E-state index contributed by atoms with van der Waals surface area (Å²) in [6.07, 6.45) is 1.41. The van der Waals surface area contributed by atoms with Crippen molar-refractivity contribution < 1.29 is 4.79 Å². The maximum atomic E-state index is 11.7. The number of fused-ring (bicyclic) bond motifs is 2. The van der Waals surface area contributed by atoms with Gasteiger partial charge in [-0.2, -0.15) is 0 Å². The van der Waals surface area contributed by atoms with E-state index in [9.17, 15) is 4.79 Å². The molecule has 0 radical (unpaired) electrons. The fraction of sp³-hybridized carbons (Fsp3) is 0.350. The van der Waals surface area contributed by atoms with Gasteiger partial charge in [-0.1, -0.05) is 0 Å². The third-order valence-electron chi connectivity index (χ3n) is 4.43. The summed E-state index contributed by atoms with van der Waals surface area (Å²) in [4.78, 5) is 25.7. The summed E-state index contributed by atoms with van der Waals surface area (Å²) in [7, 11) is 7.46. The average Bonchev–Trinajstić information content (AvgIpc) is 2.65. The summed E-state index contributed by atoms with van der Waals surface area (Å²) in [6, 6.07) is 12.4. The van der Waals surface area contributed by atoms with Gasteiger partial charge in [0.15, 0.2) is 0 Å². The molecular formula is C20H24N4OS. The number of aromatic nitrogens is 1. The van der Waals surface area contributed by atoms with Crippen LogP contribution in [0.25, 0.3) is 20.8 Å². The molecule has 0 fully saturated rings. The standard InChI is InChI=1S/C20H24N4OS/c1-21-14-7-9-16-18(12-14)26-19-13-15(8-10-17(19)22-16)24(4)11-5-6-20(25)23(2)3/h7-10,12-13H,5-6,11H2,1-4H3/b21-14-. The predicted molar refractivity (Wildman–Crippen MR) is 109 cm³/mol. The Hall–Kier alpha value is -2.47. The molecule has 0 atom stereocenters. The van der Waals surface area contributed by atoms with E-state index >= 15 is 0 Å². The second-order valence-electron chi connectivity index (χ2n) is 6.55. The van der Waals surface area contributed by atoms with Crippen LogP contribution in [0.1, 0.15) is 12.8 Å². The van der Waals surface area contributed by atoms with Crippen molar-refractivity contribution in [2.75, 3.05) is 39.6 Å². The Morgan fingerprint density at radius 2 is 1.96 bits per heavy atom. The number of hydrogen-bond donors (Lipinski definition) is 0. The van der Waals surface area contributed by atoms with Gasteiger partial charge < -0.3 is 9.80 Å². The van der Waals surface area contributed by atoms with Crippen LogP contribution in [0.3, 0.4) is 0 Å². The zero-order valence-corrected chi connectivity index (χ0v) is 16.5. The first-order valence-electron chi connectivity index (χ1n) is 8.67. The van der Waals surface area contributed by atoms with E-state index in [4.69, 9.17) is 4.98 Å². The second kappa shape index (κ2) is 7.83. The average molecular weight is 369 g/mol. The van der Waals surface area contributed by atoms with E-state index in [1.807, 2.05) is 12.1 Å². The van der Waals surface area contributed by atoms with Crippen LogP contribution in [0.4, 0.5) is 5.69 Å². The summed E-state index contributed by atoms with van der Waals surface area (Å²) < 4.78 is 1.15. The highest BCUT2D eigenvalue weighted by Crippen LogP contribution is 2.31. The maximum Gasteiger partial charge on any atom is 0.222 e. The largest absolute Gasteiger partial charge is 0.375 e. The molecule has 0 N–H and O–H groups in total. The molecule has 1 heterocycles. The van der Waals surface area contributed by atoms with Crippen molar-refractivity contribution in [1.82, 2.24) is 9.88 Å². The molecule has 3 rings (SSSR count). The zero-order valence-electron chi connectivity index (χ0n) is 15.7. The molecule has 1 aromatic rings. The van der Waals surface area contributed by atoms with Crippen LogP contribution in [0.5, 0.6) is 0 Å². The van der Waals surface area contributed by atoms with Gasteiger partial charge in [0.25, 0.3) is 0 Å². The first kappa shape index (κ1) is 18.3. The lowest BCUT2D eigenvalue weighted by Gasteiger charge is -2.20. The minimum absolute atomic E-state index is 0.173. The molecule has 5 nitrogen and oxygen atoms in total. The van der Waals surface area contributed by atoms with Gasteiger partial charge in [0.1, 0.15) is 0 Å². The van der Waals surface area contributed by atoms with E-state index in [0.717, 1.165) is 44.8 Å². The molecule has 2 aliphatic rings. The third kappa shape index (κ3) is 4.02. The van der Waals surface area contributed by atoms with Gasteiger partial charge >= 0.3 is 0 Å². The predicted octanol–water partition coefficient (Wildman–Crippen LogP) is 3.24. The van der Waals surface area contributed by atoms with Crippen LogP contribution in [-0.2, 0) is 4.79 Å². The molecule has 0 aromatic heterocycles. The second-order valence-corrected chi connectivity index (χ2v) is 7.64. The van der Waals surface area contributed by atoms with E-state index in [0.29, 0.717) is 6.42 Å². The Labute approximate surface area is 158 Å². The number of hydrogen-bond acceptors (Lipinski definition) is 5. The zero-order chi connectivity index (χ0) is 18.7. The Morgan fingerprint density at radius 1 is 1.15 bits per heavy atom. The lowest BCUT2D eigenvalue weighted by Crippen LogP contribution is -2.24. The Kier molecular flexibility index (Phi) is 5.52. The smallest absolute Gasteiger partial charge is 0.222 e. The van der Waals surface area contributed by atoms with Crippen LogP contribution >= 0.6 is 11.3 Å². The highest BCUT2D eigenvalue weighted by Gasteiger charge is 2.10. The van der Waals surface area contributed by atoms with Gasteiger partial charge in [-0.05, 0) is 42.8 Å². The first-order valence-corrected chi connectivity index (χ1v) is 9.48. The number of rotatable bonds is 5. The third-order valence-corrected chi connectivity index (χ3v) is 5.52. The van der Waals surface area contributed by atoms with Crippen LogP contribution in [0.15, 0.2) is 41.4 Å². The van der Waals surface area contributed by atoms with Crippen molar-refractivity contribution in [3.8, 4) is 10.6 Å². The Morgan fingerprint density at radius 3 is 2.69 bits per heavy atom. The molecular weight excluding hydrogens is 344 g/mol. The molecule has 0 saturated carbocycles. The molecule has 0 unspecified atom stereocenters. The van der Waals surface area contributed by atoms with E-state index in [2.05, 4.69) is 41.2 Å². The quantitative estimate of drug-likeness (QED) is 0.650. The van der Waals surface area contributed by atoms with Gasteiger partial charge in [-0.3, -0.25) is 9.79 Å². The highest BCUT2D eigenvalue weighted by atomic mass is 32.1. The van der Waals surface area contributed by atoms with Gasteiger partial charge in [0.2, 0.25) is 5.91 Å². The normalized spacial score (nSPS) is 11.9. The van der Waals surface area contributed by atoms with Crippen LogP contribution in [-0.4, -0.2) is 50.5 Å². The minimum atomic E-state index is 0.173. The van der Waals surface area contributed by atoms with Gasteiger partial charge in [-0.15, -0.1) is 11.3 Å². The fourth-order valence-electron chi connectivity index (χ4n) is 2.80. The molecule has 0 bridgehead atoms. The Bertz CT molecular complexity index is 964. The summed E-state index contributed by atoms with van der Waals surface area (Å²) in [5.74, 6) is 0.173. The van der Waals surface area contributed by atoms with Crippen LogP contribution in [0, 0.1) is 0 Å². The van der Waals surface area contributed by atoms with Crippen molar-refractivity contribution in [3.05, 3.63) is 41.8 Å². The van der Waals surface area contributed by atoms with Crippen molar-refractivity contribution in [1.29, 1.82) is 0 Å². The van der Waals surface area contributed by atoms with Gasteiger partial charge in [-0.25, -0.2) is 4.98 Å². The van der Waals surface area contributed by atoms with E-state index in [1.54, 1.807) is 37.4 Å². The van der Waals surface area contributed by atoms with Crippen molar-refractivity contribution in [2.24, 2.45) is 4.99 Å². The number of amides is 1. The number of carbonyl (C=O) groups excluding carboxylic acids is 1. The summed E-state index contributed by atoms with van der Waals surface area (Å²) in [6.45, 7) is 0.843. The highest BCUT2D eigenvalue weighted by molar-refractivity contribution is 7.21. The topological polar surface area (TPSA) is 48.8 Å². The first-order chi connectivity index (χ1) is 12.5. The molecule has 0 saturated heterocycles. The fourth-order valence-corrected chi connectivity index (χ4v) is 3.83. The van der Waals surface area contributed by atoms with Crippen molar-refractivity contribution in [2.45, 2.75) is 12.8 Å². The lowest BCUT2D eigenvalue weighted by molar-refractivity contribution is -0.128. The molecule has 26 heavy (non-hydrogen) atoms. The molecule has 1 aliphatic carbocycles. The summed E-state index contributed by atoms with van der Waals surface area (Å²) in [5.41, 5.74) is 3.14. The number of anilines is 1. The van der Waals surface area contributed by atoms with Crippen LogP contribution in [0.2, 0.25) is 0 Å². The van der Waals surface area contributed by atoms with Gasteiger partial charge in [0, 0.05) is 46.8 Å². The SMILES string of the molecule is C/N=c1/ccc2nc3ccc(N(C)CCCC(=O)N(C)C)cc3sc-2c1. The molecule has 6 heteroatoms. The van der Waals surface area contributed by atoms with Crippen molar-refractivity contribution in [3.63, 3.8) is 0 Å². The molecule has 1 amide bonds. The Balaban J connectivity index is 1.82. The molecule has 136 valence electrons. The minimum Gasteiger partial charge on any atom is -0.375 e. The van der Waals surface area contributed by atoms with Crippen molar-refractivity contribution >= 4 is 33.1 Å². The monoisotopic (exact) mass is 368 g/mol. The molecule has 1 aliphatic heterocycles. The van der Waals surface area contributed by atoms with E-state index < -0.39 is 0 Å². The van der Waals surface area contributed by atoms with Gasteiger partial charge in [0.05, 0.1) is 26.1 Å². The van der Waals surface area contributed by atoms with Crippen LogP contribution < -0.4 is 10.3 Å². The number of benzene rings is 2. The van der Waals surface area contributed by atoms with E-state index in [1.165, 1.54) is 0 Å². The number of nitrogens with zero attached hydrogens (tertiary/aromatic N) is 4. The molecule has 0 spiro atoms. The number of carbonyl (C=O) groups is 1. The molecule has 1 aromatic carbocycles. The summed E-state index contributed by atoms with van der Waals surface area (Å²) >= 11 is 1.74. The summed E-state index contributed by atoms with van der Waals surface area (Å²) in [5, 5.41) is 0.966. The lowest BCUT2D eigenvalue weighted by atomic mass is 10.2. The maximum absolute atomic E-state index is 11.7. The van der Waals surface area contributed by atoms with E-state index in [-0.39, 0.29) is 5.91 Å².